The summed E-state index contributed by atoms with van der Waals surface area (Å²) in [5.41, 5.74) is -0.875. The number of amides is 1. The molecule has 0 unspecified atom stereocenters. The summed E-state index contributed by atoms with van der Waals surface area (Å²) >= 11 is 0. The second-order valence-corrected chi connectivity index (χ2v) is 3.79. The van der Waals surface area contributed by atoms with Gasteiger partial charge in [0.25, 0.3) is 11.2 Å². The van der Waals surface area contributed by atoms with Crippen molar-refractivity contribution in [2.24, 2.45) is 0 Å². The maximum Gasteiger partial charge on any atom is 0.422 e. The predicted molar refractivity (Wildman–Crippen MR) is 62.8 cm³/mol. The highest BCUT2D eigenvalue weighted by molar-refractivity contribution is 5.67. The van der Waals surface area contributed by atoms with Gasteiger partial charge in [-0.05, 0) is 0 Å². The topological polar surface area (TPSA) is 103 Å². The van der Waals surface area contributed by atoms with Gasteiger partial charge in [0, 0.05) is 25.2 Å². The monoisotopic (exact) mass is 309 g/mol. The number of nitro groups is 1. The Morgan fingerprint density at radius 3 is 2.67 bits per heavy atom. The molecule has 21 heavy (non-hydrogen) atoms. The lowest BCUT2D eigenvalue weighted by molar-refractivity contribution is -0.385. The number of carbonyl (C=O) groups excluding carboxylic acids is 1. The lowest BCUT2D eigenvalue weighted by Gasteiger charge is -2.09. The van der Waals surface area contributed by atoms with Crippen LogP contribution in [0.3, 0.4) is 0 Å². The first-order chi connectivity index (χ1) is 9.69. The summed E-state index contributed by atoms with van der Waals surface area (Å²) in [6.45, 7) is -2.10. The molecular formula is C10H10F3N3O5. The van der Waals surface area contributed by atoms with E-state index in [-0.39, 0.29) is 18.8 Å². The van der Waals surface area contributed by atoms with Gasteiger partial charge in [-0.3, -0.25) is 14.9 Å². The fourth-order valence-electron chi connectivity index (χ4n) is 1.28. The van der Waals surface area contributed by atoms with Crippen LogP contribution >= 0.6 is 0 Å². The molecule has 1 aromatic heterocycles. The Hall–Kier alpha value is -2.59. The molecule has 0 saturated heterocycles. The van der Waals surface area contributed by atoms with E-state index in [1.54, 1.807) is 0 Å². The molecule has 1 N–H and O–H groups in total. The molecule has 8 nitrogen and oxygen atoms in total. The zero-order valence-corrected chi connectivity index (χ0v) is 10.4. The molecule has 0 bridgehead atoms. The van der Waals surface area contributed by atoms with Crippen molar-refractivity contribution in [3.8, 4) is 0 Å². The van der Waals surface area contributed by atoms with E-state index in [1.165, 1.54) is 0 Å². The van der Waals surface area contributed by atoms with Gasteiger partial charge in [0.05, 0.1) is 11.1 Å². The minimum atomic E-state index is -4.63. The fourth-order valence-corrected chi connectivity index (χ4v) is 1.28. The number of hydrogen-bond donors (Lipinski definition) is 1. The average Bonchev–Trinajstić information content (AvgIpc) is 2.37. The third-order valence-electron chi connectivity index (χ3n) is 2.17. The Balaban J connectivity index is 2.49. The molecule has 1 aromatic rings. The lowest BCUT2D eigenvalue weighted by atomic mass is 10.4. The molecule has 1 amide bonds. The average molecular weight is 309 g/mol. The van der Waals surface area contributed by atoms with Crippen molar-refractivity contribution in [1.82, 2.24) is 9.88 Å². The molecule has 0 fully saturated rings. The zero-order valence-electron chi connectivity index (χ0n) is 10.4. The Morgan fingerprint density at radius 1 is 1.43 bits per heavy atom. The minimum absolute atomic E-state index is 0.151. The number of nitrogens with zero attached hydrogens (tertiary/aromatic N) is 2. The highest BCUT2D eigenvalue weighted by Gasteiger charge is 2.29. The summed E-state index contributed by atoms with van der Waals surface area (Å²) in [6, 6.07) is 1.99. The predicted octanol–water partition coefficient (Wildman–Crippen LogP) is 1.04. The number of aromatic nitrogens is 1. The van der Waals surface area contributed by atoms with Crippen LogP contribution in [0.1, 0.15) is 0 Å². The molecule has 0 aromatic carbocycles. The van der Waals surface area contributed by atoms with Crippen LogP contribution in [0.25, 0.3) is 0 Å². The molecule has 116 valence electrons. The van der Waals surface area contributed by atoms with E-state index in [0.29, 0.717) is 0 Å². The van der Waals surface area contributed by atoms with Crippen LogP contribution in [-0.4, -0.2) is 34.9 Å². The van der Waals surface area contributed by atoms with Gasteiger partial charge in [-0.25, -0.2) is 4.79 Å². The first-order valence-electron chi connectivity index (χ1n) is 5.51. The first kappa shape index (κ1) is 16.5. The Kier molecular flexibility index (Phi) is 5.27. The number of alkyl carbamates (subject to hydrolysis) is 1. The van der Waals surface area contributed by atoms with Gasteiger partial charge in [-0.15, -0.1) is 0 Å². The van der Waals surface area contributed by atoms with Gasteiger partial charge in [0.15, 0.2) is 6.61 Å². The SMILES string of the molecule is O=C(NCCn1cc([N+](=O)[O-])ccc1=O)OCC(F)(F)F. The van der Waals surface area contributed by atoms with Crippen molar-refractivity contribution in [3.05, 3.63) is 38.8 Å². The summed E-state index contributed by atoms with van der Waals surface area (Å²) in [5, 5.41) is 12.5. The Morgan fingerprint density at radius 2 is 2.10 bits per heavy atom. The van der Waals surface area contributed by atoms with Crippen molar-refractivity contribution >= 4 is 11.8 Å². The summed E-state index contributed by atoms with van der Waals surface area (Å²) < 4.78 is 40.1. The summed E-state index contributed by atoms with van der Waals surface area (Å²) in [6.07, 6.45) is -4.97. The molecule has 11 heteroatoms. The van der Waals surface area contributed by atoms with Gasteiger partial charge in [-0.1, -0.05) is 0 Å². The third kappa shape index (κ3) is 5.93. The van der Waals surface area contributed by atoms with E-state index in [1.807, 2.05) is 5.32 Å². The number of carbonyl (C=O) groups is 1. The number of pyridine rings is 1. The second kappa shape index (κ2) is 6.72. The number of hydrogen-bond acceptors (Lipinski definition) is 5. The maximum absolute atomic E-state index is 11.8. The quantitative estimate of drug-likeness (QED) is 0.646. The van der Waals surface area contributed by atoms with Gasteiger partial charge in [-0.2, -0.15) is 13.2 Å². The fraction of sp³-hybridized carbons (Fsp3) is 0.400. The Bertz CT molecular complexity index is 584. The molecule has 0 spiro atoms. The third-order valence-corrected chi connectivity index (χ3v) is 2.17. The van der Waals surface area contributed by atoms with Gasteiger partial charge in [0.1, 0.15) is 0 Å². The summed E-state index contributed by atoms with van der Waals surface area (Å²) in [7, 11) is 0. The van der Waals surface area contributed by atoms with Crippen LogP contribution in [0.4, 0.5) is 23.7 Å². The number of alkyl halides is 3. The lowest BCUT2D eigenvalue weighted by Crippen LogP contribution is -2.33. The minimum Gasteiger partial charge on any atom is -0.440 e. The van der Waals surface area contributed by atoms with Crippen LogP contribution < -0.4 is 10.9 Å². The molecule has 0 aliphatic carbocycles. The van der Waals surface area contributed by atoms with Crippen LogP contribution in [-0.2, 0) is 11.3 Å². The molecule has 0 aliphatic heterocycles. The van der Waals surface area contributed by atoms with Crippen molar-refractivity contribution in [2.45, 2.75) is 12.7 Å². The zero-order chi connectivity index (χ0) is 16.0. The van der Waals surface area contributed by atoms with E-state index in [0.717, 1.165) is 22.9 Å². The summed E-state index contributed by atoms with van der Waals surface area (Å²) in [5.74, 6) is 0. The Labute approximate surface area is 115 Å². The van der Waals surface area contributed by atoms with Crippen molar-refractivity contribution in [3.63, 3.8) is 0 Å². The smallest absolute Gasteiger partial charge is 0.422 e. The number of rotatable bonds is 5. The normalized spacial score (nSPS) is 11.0. The van der Waals surface area contributed by atoms with Gasteiger partial charge >= 0.3 is 12.3 Å². The number of halogens is 3. The van der Waals surface area contributed by atoms with Crippen LogP contribution in [0, 0.1) is 10.1 Å². The molecular weight excluding hydrogens is 299 g/mol. The largest absolute Gasteiger partial charge is 0.440 e. The van der Waals surface area contributed by atoms with Crippen LogP contribution in [0.2, 0.25) is 0 Å². The van der Waals surface area contributed by atoms with E-state index < -0.39 is 29.4 Å². The van der Waals surface area contributed by atoms with Crippen molar-refractivity contribution in [1.29, 1.82) is 0 Å². The number of nitrogens with one attached hydrogen (secondary N) is 1. The molecule has 0 radical (unpaired) electrons. The molecule has 0 atom stereocenters. The highest BCUT2D eigenvalue weighted by atomic mass is 19.4. The van der Waals surface area contributed by atoms with E-state index in [2.05, 4.69) is 4.74 Å². The van der Waals surface area contributed by atoms with Crippen LogP contribution in [0.5, 0.6) is 0 Å². The maximum atomic E-state index is 11.8. The second-order valence-electron chi connectivity index (χ2n) is 3.79. The molecule has 0 saturated carbocycles. The van der Waals surface area contributed by atoms with Gasteiger partial charge < -0.3 is 14.6 Å². The van der Waals surface area contributed by atoms with E-state index in [9.17, 15) is 32.9 Å². The van der Waals surface area contributed by atoms with Crippen molar-refractivity contribution in [2.75, 3.05) is 13.2 Å². The molecule has 1 heterocycles. The molecule has 1 rings (SSSR count). The number of ether oxygens (including phenoxy) is 1. The standard InChI is InChI=1S/C10H10F3N3O5/c11-10(12,13)6-21-9(18)14-3-4-15-5-7(16(19)20)1-2-8(15)17/h1-2,5H,3-4,6H2,(H,14,18). The van der Waals surface area contributed by atoms with Crippen molar-refractivity contribution < 1.29 is 27.6 Å². The van der Waals surface area contributed by atoms with Crippen LogP contribution in [0.15, 0.2) is 23.1 Å². The first-order valence-corrected chi connectivity index (χ1v) is 5.51. The molecule has 0 aliphatic rings. The van der Waals surface area contributed by atoms with E-state index in [4.69, 9.17) is 0 Å². The van der Waals surface area contributed by atoms with E-state index >= 15 is 0 Å². The summed E-state index contributed by atoms with van der Waals surface area (Å²) in [4.78, 5) is 32.1. The highest BCUT2D eigenvalue weighted by Crippen LogP contribution is 2.14. The van der Waals surface area contributed by atoms with Gasteiger partial charge in [0.2, 0.25) is 0 Å².